The molecule has 1 aliphatic heterocycles. The molecular weight excluding hydrogens is 387 g/mol. The molecule has 3 aromatic rings. The van der Waals surface area contributed by atoms with E-state index in [1.54, 1.807) is 24.5 Å². The van der Waals surface area contributed by atoms with E-state index in [1.165, 1.54) is 16.1 Å². The number of carboxylic acid groups (broad SMARTS) is 1. The molecule has 4 rings (SSSR count). The fourth-order valence-electron chi connectivity index (χ4n) is 3.07. The second kappa shape index (κ2) is 8.36. The molecular formula is C18H19FN4O4S. The summed E-state index contributed by atoms with van der Waals surface area (Å²) in [6, 6.07) is 8.28. The molecule has 1 aromatic carbocycles. The van der Waals surface area contributed by atoms with Gasteiger partial charge in [-0.3, -0.25) is 9.78 Å². The number of nitrogens with zero attached hydrogens (tertiary/aromatic N) is 3. The van der Waals surface area contributed by atoms with E-state index in [2.05, 4.69) is 15.2 Å². The maximum Gasteiger partial charge on any atom is 0.290 e. The summed E-state index contributed by atoms with van der Waals surface area (Å²) in [5.74, 6) is -0.473. The highest BCUT2D eigenvalue weighted by Gasteiger charge is 2.24. The summed E-state index contributed by atoms with van der Waals surface area (Å²) < 4.78 is 40.5. The lowest BCUT2D eigenvalue weighted by molar-refractivity contribution is -0.122. The van der Waals surface area contributed by atoms with Gasteiger partial charge in [-0.2, -0.15) is 0 Å². The number of halogens is 1. The molecule has 2 aromatic heterocycles. The van der Waals surface area contributed by atoms with Crippen LogP contribution in [-0.4, -0.2) is 55.1 Å². The van der Waals surface area contributed by atoms with Gasteiger partial charge in [0.2, 0.25) is 0 Å². The molecule has 3 heterocycles. The van der Waals surface area contributed by atoms with Gasteiger partial charge < -0.3 is 15.3 Å². The molecule has 1 fully saturated rings. The highest BCUT2D eigenvalue weighted by atomic mass is 32.2. The zero-order valence-electron chi connectivity index (χ0n) is 14.8. The minimum Gasteiger partial charge on any atom is -0.483 e. The Balaban J connectivity index is 0.000000706. The Bertz CT molecular complexity index is 1060. The number of aromatic nitrogens is 2. The average molecular weight is 406 g/mol. The van der Waals surface area contributed by atoms with Crippen LogP contribution in [0.5, 0.6) is 0 Å². The van der Waals surface area contributed by atoms with E-state index in [9.17, 15) is 12.8 Å². The van der Waals surface area contributed by atoms with Crippen LogP contribution in [0, 0.1) is 5.82 Å². The number of benzene rings is 1. The third-order valence-corrected chi connectivity index (χ3v) is 6.02. The zero-order valence-corrected chi connectivity index (χ0v) is 15.6. The lowest BCUT2D eigenvalue weighted by Gasteiger charge is -2.28. The second-order valence-corrected chi connectivity index (χ2v) is 7.80. The molecule has 10 heteroatoms. The van der Waals surface area contributed by atoms with Gasteiger partial charge >= 0.3 is 0 Å². The topological polar surface area (TPSA) is 105 Å². The van der Waals surface area contributed by atoms with E-state index < -0.39 is 15.8 Å². The standard InChI is InChI=1S/C17H17FN4O2S.CH2O2/c18-13-3-5-14(6-4-13)25(23,24)22-12-16(21-10-8-19-9-11-21)17-15(22)2-1-7-20-17;2-1-3/h1-7,12,19H,8-11H2;1H,(H,2,3). The molecule has 0 spiro atoms. The summed E-state index contributed by atoms with van der Waals surface area (Å²) in [4.78, 5) is 14.9. The van der Waals surface area contributed by atoms with Gasteiger partial charge in [-0.15, -0.1) is 0 Å². The fourth-order valence-corrected chi connectivity index (χ4v) is 4.42. The van der Waals surface area contributed by atoms with Crippen LogP contribution in [0.3, 0.4) is 0 Å². The average Bonchev–Trinajstić information content (AvgIpc) is 3.10. The summed E-state index contributed by atoms with van der Waals surface area (Å²) in [7, 11) is -3.83. The summed E-state index contributed by atoms with van der Waals surface area (Å²) >= 11 is 0. The monoisotopic (exact) mass is 406 g/mol. The third kappa shape index (κ3) is 3.82. The second-order valence-electron chi connectivity index (χ2n) is 5.98. The molecule has 0 unspecified atom stereocenters. The van der Waals surface area contributed by atoms with Crippen LogP contribution in [0.1, 0.15) is 0 Å². The van der Waals surface area contributed by atoms with Gasteiger partial charge in [0.1, 0.15) is 11.3 Å². The van der Waals surface area contributed by atoms with E-state index in [-0.39, 0.29) is 11.4 Å². The van der Waals surface area contributed by atoms with E-state index in [0.29, 0.717) is 11.0 Å². The van der Waals surface area contributed by atoms with Crippen molar-refractivity contribution in [1.82, 2.24) is 14.3 Å². The first-order valence-electron chi connectivity index (χ1n) is 8.50. The van der Waals surface area contributed by atoms with E-state index >= 15 is 0 Å². The molecule has 0 atom stereocenters. The highest BCUT2D eigenvalue weighted by molar-refractivity contribution is 7.90. The first-order chi connectivity index (χ1) is 13.5. The van der Waals surface area contributed by atoms with E-state index in [4.69, 9.17) is 9.90 Å². The fraction of sp³-hybridized carbons (Fsp3) is 0.222. The number of hydrogen-bond donors (Lipinski definition) is 2. The molecule has 1 aliphatic rings. The van der Waals surface area contributed by atoms with Gasteiger partial charge in [-0.05, 0) is 36.4 Å². The molecule has 0 bridgehead atoms. The first kappa shape index (κ1) is 19.8. The quantitative estimate of drug-likeness (QED) is 0.636. The Kier molecular flexibility index (Phi) is 5.90. The van der Waals surface area contributed by atoms with Crippen molar-refractivity contribution in [1.29, 1.82) is 0 Å². The Morgan fingerprint density at radius 1 is 1.14 bits per heavy atom. The molecule has 8 nitrogen and oxygen atoms in total. The Morgan fingerprint density at radius 2 is 1.79 bits per heavy atom. The molecule has 1 saturated heterocycles. The van der Waals surface area contributed by atoms with Gasteiger partial charge in [-0.25, -0.2) is 16.8 Å². The van der Waals surface area contributed by atoms with Crippen LogP contribution in [0.2, 0.25) is 0 Å². The predicted octanol–water partition coefficient (Wildman–Crippen LogP) is 1.52. The number of pyridine rings is 1. The first-order valence-corrected chi connectivity index (χ1v) is 9.94. The van der Waals surface area contributed by atoms with Crippen LogP contribution >= 0.6 is 0 Å². The lowest BCUT2D eigenvalue weighted by Crippen LogP contribution is -2.43. The number of anilines is 1. The Hall–Kier alpha value is -2.98. The van der Waals surface area contributed by atoms with Crippen molar-refractivity contribution in [3.8, 4) is 0 Å². The van der Waals surface area contributed by atoms with Crippen molar-refractivity contribution in [3.63, 3.8) is 0 Å². The molecule has 0 amide bonds. The van der Waals surface area contributed by atoms with Crippen molar-refractivity contribution in [3.05, 3.63) is 54.6 Å². The molecule has 2 N–H and O–H groups in total. The summed E-state index contributed by atoms with van der Waals surface area (Å²) in [5, 5.41) is 10.2. The van der Waals surface area contributed by atoms with Gasteiger partial charge in [0, 0.05) is 38.6 Å². The molecule has 0 radical (unpaired) electrons. The number of rotatable bonds is 3. The van der Waals surface area contributed by atoms with Gasteiger partial charge in [0.15, 0.2) is 0 Å². The number of nitrogens with one attached hydrogen (secondary N) is 1. The Morgan fingerprint density at radius 3 is 2.43 bits per heavy atom. The van der Waals surface area contributed by atoms with Gasteiger partial charge in [0.05, 0.1) is 16.1 Å². The minimum atomic E-state index is -3.83. The largest absolute Gasteiger partial charge is 0.483 e. The van der Waals surface area contributed by atoms with Gasteiger partial charge in [0.25, 0.3) is 16.5 Å². The van der Waals surface area contributed by atoms with Crippen LogP contribution in [0.15, 0.2) is 53.7 Å². The van der Waals surface area contributed by atoms with E-state index in [0.717, 1.165) is 44.0 Å². The van der Waals surface area contributed by atoms with Crippen molar-refractivity contribution in [2.75, 3.05) is 31.1 Å². The maximum absolute atomic E-state index is 13.2. The minimum absolute atomic E-state index is 0.0431. The Labute approximate surface area is 161 Å². The number of hydrogen-bond acceptors (Lipinski definition) is 6. The van der Waals surface area contributed by atoms with Crippen molar-refractivity contribution in [2.45, 2.75) is 4.90 Å². The lowest BCUT2D eigenvalue weighted by atomic mass is 10.3. The number of carbonyl (C=O) groups is 1. The van der Waals surface area contributed by atoms with Crippen molar-refractivity contribution >= 4 is 33.2 Å². The third-order valence-electron chi connectivity index (χ3n) is 4.33. The smallest absolute Gasteiger partial charge is 0.290 e. The van der Waals surface area contributed by atoms with Crippen LogP contribution in [0.4, 0.5) is 10.1 Å². The summed E-state index contributed by atoms with van der Waals surface area (Å²) in [6.45, 7) is 2.99. The van der Waals surface area contributed by atoms with Gasteiger partial charge in [-0.1, -0.05) is 0 Å². The number of fused-ring (bicyclic) bond motifs is 1. The summed E-state index contributed by atoms with van der Waals surface area (Å²) in [5.41, 5.74) is 1.96. The van der Waals surface area contributed by atoms with Crippen LogP contribution in [-0.2, 0) is 14.8 Å². The molecule has 0 aliphatic carbocycles. The van der Waals surface area contributed by atoms with Crippen LogP contribution < -0.4 is 10.2 Å². The zero-order chi connectivity index (χ0) is 20.1. The maximum atomic E-state index is 13.2. The van der Waals surface area contributed by atoms with E-state index in [1.807, 2.05) is 0 Å². The normalized spacial score (nSPS) is 14.4. The van der Waals surface area contributed by atoms with Crippen molar-refractivity contribution < 1.29 is 22.7 Å². The van der Waals surface area contributed by atoms with Crippen molar-refractivity contribution in [2.24, 2.45) is 0 Å². The molecule has 28 heavy (non-hydrogen) atoms. The predicted molar refractivity (Wildman–Crippen MR) is 102 cm³/mol. The SMILES string of the molecule is O=CO.O=S(=O)(c1ccc(F)cc1)n1cc(N2CCNCC2)c2ncccc21. The highest BCUT2D eigenvalue weighted by Crippen LogP contribution is 2.30. The molecule has 148 valence electrons. The molecule has 0 saturated carbocycles. The summed E-state index contributed by atoms with van der Waals surface area (Å²) in [6.07, 6.45) is 3.27. The number of piperazine rings is 1. The van der Waals surface area contributed by atoms with Crippen LogP contribution in [0.25, 0.3) is 11.0 Å².